The molecule has 1 aromatic heterocycles. The Labute approximate surface area is 368 Å². The number of methoxy groups -OCH3 is 1. The summed E-state index contributed by atoms with van der Waals surface area (Å²) in [7, 11) is -2.62. The number of rotatable bonds is 9. The first-order valence-electron chi connectivity index (χ1n) is 21.3. The van der Waals surface area contributed by atoms with Gasteiger partial charge in [-0.1, -0.05) is 26.0 Å². The van der Waals surface area contributed by atoms with Crippen LogP contribution in [-0.4, -0.2) is 96.0 Å². The SMILES string of the molecule is COc1ccc2c(O[C@@H]3C[C@H]4C(=O)N[C@]5(C(=O)NS(=O)(=O)C6(C)CC6)CC5/C=C\CC[C@H](C)C[C@@H](C)[C@H](NC(=O)OC(C)(C)C(F)(F)F)C(=O)N4C3)nc(-c3ccc(F)cc3)cc2c1. The second kappa shape index (κ2) is 17.2. The fourth-order valence-corrected chi connectivity index (χ4v) is 9.70. The maximum atomic E-state index is 15.0. The topological polar surface area (TPSA) is 182 Å². The number of pyridine rings is 1. The van der Waals surface area contributed by atoms with Gasteiger partial charge in [-0.3, -0.25) is 19.1 Å². The Morgan fingerprint density at radius 3 is 2.38 bits per heavy atom. The minimum atomic E-state index is -4.94. The summed E-state index contributed by atoms with van der Waals surface area (Å²) in [6.07, 6.45) is -1.76. The highest BCUT2D eigenvalue weighted by molar-refractivity contribution is 7.91. The van der Waals surface area contributed by atoms with Crippen LogP contribution >= 0.6 is 0 Å². The zero-order chi connectivity index (χ0) is 46.6. The van der Waals surface area contributed by atoms with Gasteiger partial charge in [0.15, 0.2) is 0 Å². The first-order chi connectivity index (χ1) is 30.0. The maximum absolute atomic E-state index is 15.0. The number of carbonyl (C=O) groups excluding carboxylic acids is 4. The molecule has 64 heavy (non-hydrogen) atoms. The largest absolute Gasteiger partial charge is 0.497 e. The van der Waals surface area contributed by atoms with Crippen LogP contribution in [0, 0.1) is 23.6 Å². The number of sulfonamides is 1. The molecule has 0 spiro atoms. The van der Waals surface area contributed by atoms with E-state index in [-0.39, 0.29) is 31.2 Å². The number of ether oxygens (including phenoxy) is 3. The van der Waals surface area contributed by atoms with Crippen molar-refractivity contribution in [3.63, 3.8) is 0 Å². The quantitative estimate of drug-likeness (QED) is 0.154. The third kappa shape index (κ3) is 9.49. The molecular weight excluding hydrogens is 863 g/mol. The molecule has 3 heterocycles. The van der Waals surface area contributed by atoms with E-state index < -0.39 is 91.7 Å². The number of amides is 4. The summed E-state index contributed by atoms with van der Waals surface area (Å²) in [6, 6.07) is 9.68. The highest BCUT2D eigenvalue weighted by Crippen LogP contribution is 2.48. The Morgan fingerprint density at radius 2 is 1.72 bits per heavy atom. The lowest BCUT2D eigenvalue weighted by atomic mass is 9.88. The zero-order valence-corrected chi connectivity index (χ0v) is 37.2. The molecule has 1 saturated heterocycles. The van der Waals surface area contributed by atoms with E-state index in [4.69, 9.17) is 19.2 Å². The molecule has 0 bridgehead atoms. The van der Waals surface area contributed by atoms with Crippen LogP contribution in [-0.2, 0) is 29.1 Å². The number of hydrogen-bond acceptors (Lipinski definition) is 10. The molecule has 2 aliphatic heterocycles. The number of benzene rings is 2. The van der Waals surface area contributed by atoms with Crippen molar-refractivity contribution in [3.05, 3.63) is 66.5 Å². The van der Waals surface area contributed by atoms with E-state index in [2.05, 4.69) is 15.4 Å². The number of nitrogens with zero attached hydrogens (tertiary/aromatic N) is 2. The van der Waals surface area contributed by atoms with Crippen molar-refractivity contribution < 1.29 is 59.4 Å². The van der Waals surface area contributed by atoms with E-state index in [1.54, 1.807) is 49.4 Å². The molecule has 14 nitrogen and oxygen atoms in total. The zero-order valence-electron chi connectivity index (χ0n) is 36.4. The molecule has 4 aliphatic rings. The van der Waals surface area contributed by atoms with Gasteiger partial charge < -0.3 is 29.7 Å². The molecule has 19 heteroatoms. The molecule has 0 radical (unpaired) electrons. The van der Waals surface area contributed by atoms with Gasteiger partial charge in [0.05, 0.1) is 24.1 Å². The average Bonchev–Trinajstić information content (AvgIpc) is 4.10. The van der Waals surface area contributed by atoms with Gasteiger partial charge in [-0.25, -0.2) is 22.6 Å². The van der Waals surface area contributed by atoms with Gasteiger partial charge in [0, 0.05) is 23.3 Å². The molecule has 2 aliphatic carbocycles. The molecule has 7 atom stereocenters. The van der Waals surface area contributed by atoms with Gasteiger partial charge in [0.25, 0.3) is 5.91 Å². The summed E-state index contributed by atoms with van der Waals surface area (Å²) in [6.45, 7) is 6.20. The molecule has 3 aromatic rings. The van der Waals surface area contributed by atoms with E-state index >= 15 is 0 Å². The first kappa shape index (κ1) is 46.5. The highest BCUT2D eigenvalue weighted by atomic mass is 32.2. The number of allylic oxidation sites excluding steroid dienone is 1. The number of alkyl carbamates (subject to hydrolysis) is 1. The predicted molar refractivity (Wildman–Crippen MR) is 227 cm³/mol. The van der Waals surface area contributed by atoms with Crippen molar-refractivity contribution in [2.24, 2.45) is 17.8 Å². The Bertz CT molecular complexity index is 2460. The summed E-state index contributed by atoms with van der Waals surface area (Å²) < 4.78 is 99.9. The van der Waals surface area contributed by atoms with Crippen LogP contribution in [0.1, 0.15) is 79.6 Å². The number of aromatic nitrogens is 1. The number of fused-ring (bicyclic) bond motifs is 3. The molecule has 346 valence electrons. The molecule has 4 amide bonds. The monoisotopic (exact) mass is 915 g/mol. The van der Waals surface area contributed by atoms with Gasteiger partial charge in [-0.05, 0) is 125 Å². The maximum Gasteiger partial charge on any atom is 0.427 e. The van der Waals surface area contributed by atoms with Crippen LogP contribution in [0.3, 0.4) is 0 Å². The molecule has 7 rings (SSSR count). The van der Waals surface area contributed by atoms with Crippen molar-refractivity contribution in [2.45, 2.75) is 120 Å². The number of hydrogen-bond donors (Lipinski definition) is 3. The van der Waals surface area contributed by atoms with Crippen molar-refractivity contribution >= 4 is 44.6 Å². The lowest BCUT2D eigenvalue weighted by molar-refractivity contribution is -0.244. The van der Waals surface area contributed by atoms with Gasteiger partial charge in [0.2, 0.25) is 33.3 Å². The standard InChI is InChI=1S/C45H53F4N5O9S/c1-25-9-7-8-10-29-23-44(29,40(57)53-64(59,60)43(5)17-18-43)52-37(55)35-22-32(24-54(35)39(56)36(26(2)19-25)51-41(58)63-42(3,4)45(47,48)49)62-38-33-16-15-31(61-6)20-28(33)21-34(50-38)27-11-13-30(46)14-12-27/h8,10-16,20-21,25-26,29,32,35-36H,7,9,17-19,22-24H2,1-6H3,(H,51,58)(H,52,55)(H,53,57)/b10-8-/t25-,26+,29?,32+,35-,36-,44+/m0/s1. The molecule has 3 fully saturated rings. The molecule has 3 N–H and O–H groups in total. The van der Waals surface area contributed by atoms with Gasteiger partial charge in [0.1, 0.15) is 35.3 Å². The first-order valence-corrected chi connectivity index (χ1v) is 22.8. The van der Waals surface area contributed by atoms with E-state index in [1.165, 1.54) is 26.2 Å². The summed E-state index contributed by atoms with van der Waals surface area (Å²) in [5, 5.41) is 6.34. The minimum Gasteiger partial charge on any atom is -0.497 e. The third-order valence-corrected chi connectivity index (χ3v) is 15.1. The molecule has 2 saturated carbocycles. The molecular formula is C45H53F4N5O9S. The third-order valence-electron chi connectivity index (χ3n) is 13.0. The van der Waals surface area contributed by atoms with Crippen LogP contribution in [0.4, 0.5) is 22.4 Å². The Morgan fingerprint density at radius 1 is 1.02 bits per heavy atom. The fourth-order valence-electron chi connectivity index (χ4n) is 8.39. The minimum absolute atomic E-state index is 0.0705. The van der Waals surface area contributed by atoms with Crippen LogP contribution < -0.4 is 24.8 Å². The second-order valence-corrected chi connectivity index (χ2v) is 20.6. The van der Waals surface area contributed by atoms with Crippen LogP contribution in [0.15, 0.2) is 60.7 Å². The number of alkyl halides is 3. The molecule has 1 unspecified atom stereocenters. The summed E-state index contributed by atoms with van der Waals surface area (Å²) in [5.41, 5.74) is -3.65. The normalized spacial score (nSPS) is 27.8. The van der Waals surface area contributed by atoms with Crippen LogP contribution in [0.25, 0.3) is 22.0 Å². The highest BCUT2D eigenvalue weighted by Gasteiger charge is 2.63. The van der Waals surface area contributed by atoms with Gasteiger partial charge >= 0.3 is 12.3 Å². The van der Waals surface area contributed by atoms with E-state index in [0.29, 0.717) is 73.7 Å². The number of carbonyl (C=O) groups is 4. The van der Waals surface area contributed by atoms with Crippen molar-refractivity contribution in [1.29, 1.82) is 0 Å². The van der Waals surface area contributed by atoms with Gasteiger partial charge in [-0.15, -0.1) is 0 Å². The Hall–Kier alpha value is -5.46. The summed E-state index contributed by atoms with van der Waals surface area (Å²) >= 11 is 0. The lowest BCUT2D eigenvalue weighted by Gasteiger charge is -2.34. The Kier molecular flexibility index (Phi) is 12.5. The number of nitrogens with one attached hydrogen (secondary N) is 3. The average molecular weight is 916 g/mol. The lowest BCUT2D eigenvalue weighted by Crippen LogP contribution is -2.59. The Balaban J connectivity index is 1.27. The second-order valence-electron chi connectivity index (χ2n) is 18.4. The van der Waals surface area contributed by atoms with E-state index in [9.17, 15) is 45.2 Å². The predicted octanol–water partition coefficient (Wildman–Crippen LogP) is 6.72. The van der Waals surface area contributed by atoms with Crippen LogP contribution in [0.5, 0.6) is 11.6 Å². The van der Waals surface area contributed by atoms with E-state index in [1.807, 2.05) is 13.0 Å². The van der Waals surface area contributed by atoms with Crippen molar-refractivity contribution in [1.82, 2.24) is 25.2 Å². The summed E-state index contributed by atoms with van der Waals surface area (Å²) in [5.74, 6) is -3.75. The van der Waals surface area contributed by atoms with Crippen LogP contribution in [0.2, 0.25) is 0 Å². The fraction of sp³-hybridized carbons (Fsp3) is 0.533. The van der Waals surface area contributed by atoms with E-state index in [0.717, 1.165) is 4.90 Å². The molecule has 2 aromatic carbocycles. The van der Waals surface area contributed by atoms with Gasteiger partial charge in [-0.2, -0.15) is 13.2 Å². The smallest absolute Gasteiger partial charge is 0.427 e. The van der Waals surface area contributed by atoms with Crippen molar-refractivity contribution in [3.8, 4) is 22.9 Å². The summed E-state index contributed by atoms with van der Waals surface area (Å²) in [4.78, 5) is 62.9. The number of halogens is 4. The van der Waals surface area contributed by atoms with Crippen molar-refractivity contribution in [2.75, 3.05) is 13.7 Å².